The molecule has 0 aliphatic carbocycles. The van der Waals surface area contributed by atoms with Crippen LogP contribution < -0.4 is 5.73 Å². The van der Waals surface area contributed by atoms with Crippen molar-refractivity contribution in [1.82, 2.24) is 4.90 Å². The SMILES string of the molecule is CCC(C)(C(N)c1ccc(C(C)C)cc1)N1CCOCC1. The van der Waals surface area contributed by atoms with Crippen LogP contribution in [0.4, 0.5) is 0 Å². The number of hydrogen-bond donors (Lipinski definition) is 1. The van der Waals surface area contributed by atoms with Gasteiger partial charge >= 0.3 is 0 Å². The Bertz CT molecular complexity index is 437. The lowest BCUT2D eigenvalue weighted by Gasteiger charge is -2.46. The largest absolute Gasteiger partial charge is 0.379 e. The highest BCUT2D eigenvalue weighted by atomic mass is 16.5. The van der Waals surface area contributed by atoms with E-state index >= 15 is 0 Å². The topological polar surface area (TPSA) is 38.5 Å². The molecular weight excluding hydrogens is 260 g/mol. The van der Waals surface area contributed by atoms with Crippen molar-refractivity contribution in [2.45, 2.75) is 51.6 Å². The first-order chi connectivity index (χ1) is 9.99. The fraction of sp³-hybridized carbons (Fsp3) is 0.667. The van der Waals surface area contributed by atoms with Crippen LogP contribution in [0.1, 0.15) is 57.2 Å². The van der Waals surface area contributed by atoms with Crippen molar-refractivity contribution >= 4 is 0 Å². The van der Waals surface area contributed by atoms with Crippen LogP contribution in [0.15, 0.2) is 24.3 Å². The van der Waals surface area contributed by atoms with E-state index in [0.29, 0.717) is 5.92 Å². The monoisotopic (exact) mass is 290 g/mol. The van der Waals surface area contributed by atoms with Crippen LogP contribution in [0.25, 0.3) is 0 Å². The molecule has 1 saturated heterocycles. The van der Waals surface area contributed by atoms with Crippen molar-refractivity contribution in [3.8, 4) is 0 Å². The first-order valence-electron chi connectivity index (χ1n) is 8.17. The molecule has 2 N–H and O–H groups in total. The highest BCUT2D eigenvalue weighted by molar-refractivity contribution is 5.28. The Morgan fingerprint density at radius 3 is 2.14 bits per heavy atom. The van der Waals surface area contributed by atoms with Crippen molar-refractivity contribution in [1.29, 1.82) is 0 Å². The van der Waals surface area contributed by atoms with Gasteiger partial charge in [-0.1, -0.05) is 45.0 Å². The Hall–Kier alpha value is -0.900. The zero-order valence-electron chi connectivity index (χ0n) is 13.9. The van der Waals surface area contributed by atoms with Crippen LogP contribution in [0.5, 0.6) is 0 Å². The molecule has 21 heavy (non-hydrogen) atoms. The second-order valence-electron chi connectivity index (χ2n) is 6.61. The zero-order chi connectivity index (χ0) is 15.5. The molecule has 2 rings (SSSR count). The van der Waals surface area contributed by atoms with E-state index in [9.17, 15) is 0 Å². The van der Waals surface area contributed by atoms with Gasteiger partial charge in [-0.05, 0) is 30.4 Å². The summed E-state index contributed by atoms with van der Waals surface area (Å²) in [4.78, 5) is 2.50. The lowest BCUT2D eigenvalue weighted by atomic mass is 9.82. The second-order valence-corrected chi connectivity index (χ2v) is 6.61. The van der Waals surface area contributed by atoms with Crippen LogP contribution in [0, 0.1) is 0 Å². The Morgan fingerprint density at radius 2 is 1.67 bits per heavy atom. The third-order valence-electron chi connectivity index (χ3n) is 5.08. The molecule has 1 heterocycles. The fourth-order valence-electron chi connectivity index (χ4n) is 3.16. The van der Waals surface area contributed by atoms with E-state index in [4.69, 9.17) is 10.5 Å². The maximum absolute atomic E-state index is 6.66. The van der Waals surface area contributed by atoms with Crippen LogP contribution in [-0.4, -0.2) is 36.7 Å². The summed E-state index contributed by atoms with van der Waals surface area (Å²) in [6.07, 6.45) is 1.04. The van der Waals surface area contributed by atoms with Gasteiger partial charge in [-0.15, -0.1) is 0 Å². The molecule has 2 unspecified atom stereocenters. The summed E-state index contributed by atoms with van der Waals surface area (Å²) in [5.41, 5.74) is 9.25. The molecule has 0 spiro atoms. The molecule has 1 aliphatic heterocycles. The lowest BCUT2D eigenvalue weighted by Crippen LogP contribution is -2.56. The van der Waals surface area contributed by atoms with Gasteiger partial charge in [-0.25, -0.2) is 0 Å². The summed E-state index contributed by atoms with van der Waals surface area (Å²) in [6, 6.07) is 8.87. The van der Waals surface area contributed by atoms with Crippen molar-refractivity contribution in [3.63, 3.8) is 0 Å². The average Bonchev–Trinajstić information content (AvgIpc) is 2.54. The van der Waals surface area contributed by atoms with Gasteiger partial charge in [-0.2, -0.15) is 0 Å². The molecule has 0 radical (unpaired) electrons. The van der Waals surface area contributed by atoms with Crippen LogP contribution in [0.2, 0.25) is 0 Å². The highest BCUT2D eigenvalue weighted by Crippen LogP contribution is 2.33. The minimum absolute atomic E-state index is 0.0108. The molecule has 0 saturated carbocycles. The fourth-order valence-corrected chi connectivity index (χ4v) is 3.16. The van der Waals surface area contributed by atoms with Crippen molar-refractivity contribution in [3.05, 3.63) is 35.4 Å². The first kappa shape index (κ1) is 16.5. The second kappa shape index (κ2) is 6.91. The number of hydrogen-bond acceptors (Lipinski definition) is 3. The molecular formula is C18H30N2O. The van der Waals surface area contributed by atoms with E-state index in [1.165, 1.54) is 11.1 Å². The number of morpholine rings is 1. The minimum atomic E-state index is -0.0108. The first-order valence-corrected chi connectivity index (χ1v) is 8.17. The van der Waals surface area contributed by atoms with Gasteiger partial charge in [0, 0.05) is 24.7 Å². The van der Waals surface area contributed by atoms with Crippen LogP contribution in [0.3, 0.4) is 0 Å². The van der Waals surface area contributed by atoms with E-state index in [-0.39, 0.29) is 11.6 Å². The normalized spacial score (nSPS) is 21.2. The maximum Gasteiger partial charge on any atom is 0.0594 e. The quantitative estimate of drug-likeness (QED) is 0.904. The van der Waals surface area contributed by atoms with Crippen molar-refractivity contribution in [2.75, 3.05) is 26.3 Å². The summed E-state index contributed by atoms with van der Waals surface area (Å²) in [5, 5.41) is 0. The van der Waals surface area contributed by atoms with Crippen molar-refractivity contribution in [2.24, 2.45) is 5.73 Å². The summed E-state index contributed by atoms with van der Waals surface area (Å²) < 4.78 is 5.48. The van der Waals surface area contributed by atoms with Gasteiger partial charge in [0.25, 0.3) is 0 Å². The Kier molecular flexibility index (Phi) is 5.42. The Labute approximate surface area is 129 Å². The van der Waals surface area contributed by atoms with E-state index in [1.54, 1.807) is 0 Å². The predicted octanol–water partition coefficient (Wildman–Crippen LogP) is 3.31. The molecule has 3 heteroatoms. The van der Waals surface area contributed by atoms with Gasteiger partial charge in [-0.3, -0.25) is 4.90 Å². The average molecular weight is 290 g/mol. The molecule has 118 valence electrons. The molecule has 2 atom stereocenters. The van der Waals surface area contributed by atoms with E-state index in [0.717, 1.165) is 32.7 Å². The van der Waals surface area contributed by atoms with Gasteiger partial charge in [0.1, 0.15) is 0 Å². The summed E-state index contributed by atoms with van der Waals surface area (Å²) in [7, 11) is 0. The molecule has 1 aromatic rings. The van der Waals surface area contributed by atoms with E-state index in [1.807, 2.05) is 0 Å². The molecule has 3 nitrogen and oxygen atoms in total. The van der Waals surface area contributed by atoms with Gasteiger partial charge in [0.15, 0.2) is 0 Å². The number of nitrogens with two attached hydrogens (primary N) is 1. The van der Waals surface area contributed by atoms with E-state index in [2.05, 4.69) is 56.9 Å². The zero-order valence-corrected chi connectivity index (χ0v) is 13.9. The van der Waals surface area contributed by atoms with E-state index < -0.39 is 0 Å². The van der Waals surface area contributed by atoms with Gasteiger partial charge in [0.05, 0.1) is 13.2 Å². The van der Waals surface area contributed by atoms with Crippen LogP contribution >= 0.6 is 0 Å². The maximum atomic E-state index is 6.66. The summed E-state index contributed by atoms with van der Waals surface area (Å²) in [6.45, 7) is 12.5. The standard InChI is InChI=1S/C18H30N2O/c1-5-18(4,20-10-12-21-13-11-20)17(19)16-8-6-15(7-9-16)14(2)3/h6-9,14,17H,5,10-13,19H2,1-4H3. The number of benzene rings is 1. The number of ether oxygens (including phenoxy) is 1. The highest BCUT2D eigenvalue weighted by Gasteiger charge is 2.37. The molecule has 1 fully saturated rings. The molecule has 0 bridgehead atoms. The van der Waals surface area contributed by atoms with Crippen molar-refractivity contribution < 1.29 is 4.74 Å². The molecule has 0 aromatic heterocycles. The Balaban J connectivity index is 2.20. The van der Waals surface area contributed by atoms with Crippen LogP contribution in [-0.2, 0) is 4.74 Å². The predicted molar refractivity (Wildman–Crippen MR) is 88.5 cm³/mol. The van der Waals surface area contributed by atoms with Gasteiger partial charge in [0.2, 0.25) is 0 Å². The lowest BCUT2D eigenvalue weighted by molar-refractivity contribution is -0.0277. The third-order valence-corrected chi connectivity index (χ3v) is 5.08. The molecule has 1 aromatic carbocycles. The Morgan fingerprint density at radius 1 is 1.14 bits per heavy atom. The smallest absolute Gasteiger partial charge is 0.0594 e. The molecule has 1 aliphatic rings. The van der Waals surface area contributed by atoms with Gasteiger partial charge < -0.3 is 10.5 Å². The molecule has 0 amide bonds. The number of nitrogens with zero attached hydrogens (tertiary/aromatic N) is 1. The summed E-state index contributed by atoms with van der Waals surface area (Å²) in [5.74, 6) is 0.562. The minimum Gasteiger partial charge on any atom is -0.379 e. The third kappa shape index (κ3) is 3.47. The summed E-state index contributed by atoms with van der Waals surface area (Å²) >= 11 is 0. The number of rotatable bonds is 5.